The molecule has 0 bridgehead atoms. The van der Waals surface area contributed by atoms with Crippen molar-refractivity contribution >= 4 is 5.97 Å². The Kier molecular flexibility index (Phi) is 9.59. The highest BCUT2D eigenvalue weighted by Gasteiger charge is 2.01. The van der Waals surface area contributed by atoms with Crippen LogP contribution in [-0.4, -0.2) is 38.1 Å². The lowest BCUT2D eigenvalue weighted by molar-refractivity contribution is -0.143. The molecule has 15 heavy (non-hydrogen) atoms. The average Bonchev–Trinajstić information content (AvgIpc) is 2.17. The van der Waals surface area contributed by atoms with E-state index in [-0.39, 0.29) is 5.97 Å². The third-order valence-electron chi connectivity index (χ3n) is 2.25. The van der Waals surface area contributed by atoms with Crippen LogP contribution >= 0.6 is 0 Å². The monoisotopic (exact) mass is 215 g/mol. The molecule has 0 spiro atoms. The van der Waals surface area contributed by atoms with E-state index in [9.17, 15) is 4.79 Å². The van der Waals surface area contributed by atoms with Gasteiger partial charge in [0.25, 0.3) is 0 Å². The molecule has 0 saturated heterocycles. The van der Waals surface area contributed by atoms with Crippen molar-refractivity contribution in [3.8, 4) is 0 Å². The maximum absolute atomic E-state index is 11.2. The van der Waals surface area contributed by atoms with Gasteiger partial charge < -0.3 is 9.64 Å². The number of ether oxygens (including phenoxy) is 1. The normalized spacial score (nSPS) is 10.7. The van der Waals surface area contributed by atoms with Crippen LogP contribution in [0.3, 0.4) is 0 Å². The fourth-order valence-corrected chi connectivity index (χ4v) is 1.28. The summed E-state index contributed by atoms with van der Waals surface area (Å²) in [5, 5.41) is 0. The summed E-state index contributed by atoms with van der Waals surface area (Å²) in [4.78, 5) is 13.3. The quantitative estimate of drug-likeness (QED) is 0.437. The van der Waals surface area contributed by atoms with Crippen molar-refractivity contribution < 1.29 is 9.53 Å². The molecule has 0 heterocycles. The third kappa shape index (κ3) is 11.4. The number of carbonyl (C=O) groups is 1. The van der Waals surface area contributed by atoms with Gasteiger partial charge in [-0.05, 0) is 39.9 Å². The van der Waals surface area contributed by atoms with Gasteiger partial charge in [-0.1, -0.05) is 19.8 Å². The Morgan fingerprint density at radius 1 is 1.13 bits per heavy atom. The van der Waals surface area contributed by atoms with Gasteiger partial charge in [-0.2, -0.15) is 0 Å². The van der Waals surface area contributed by atoms with Crippen LogP contribution in [0.25, 0.3) is 0 Å². The van der Waals surface area contributed by atoms with E-state index in [1.165, 1.54) is 0 Å². The number of rotatable bonds is 9. The van der Waals surface area contributed by atoms with Gasteiger partial charge in [-0.3, -0.25) is 4.79 Å². The van der Waals surface area contributed by atoms with E-state index in [0.29, 0.717) is 13.0 Å². The zero-order valence-corrected chi connectivity index (χ0v) is 10.4. The maximum atomic E-state index is 11.2. The van der Waals surface area contributed by atoms with E-state index < -0.39 is 0 Å². The molecule has 0 fully saturated rings. The summed E-state index contributed by atoms with van der Waals surface area (Å²) in [5.41, 5.74) is 0. The Hall–Kier alpha value is -0.570. The van der Waals surface area contributed by atoms with Gasteiger partial charge in [-0.25, -0.2) is 0 Å². The van der Waals surface area contributed by atoms with Crippen molar-refractivity contribution in [3.63, 3.8) is 0 Å². The molecule has 0 aromatic rings. The lowest BCUT2D eigenvalue weighted by Gasteiger charge is -2.08. The molecule has 3 heteroatoms. The van der Waals surface area contributed by atoms with Crippen molar-refractivity contribution in [1.29, 1.82) is 0 Å². The molecular weight excluding hydrogens is 190 g/mol. The molecule has 0 aromatic carbocycles. The van der Waals surface area contributed by atoms with Gasteiger partial charge in [0.15, 0.2) is 0 Å². The topological polar surface area (TPSA) is 29.5 Å². The first-order chi connectivity index (χ1) is 7.16. The van der Waals surface area contributed by atoms with Crippen LogP contribution in [0.2, 0.25) is 0 Å². The largest absolute Gasteiger partial charge is 0.466 e. The van der Waals surface area contributed by atoms with Crippen LogP contribution in [0.1, 0.15) is 45.4 Å². The summed E-state index contributed by atoms with van der Waals surface area (Å²) in [5.74, 6) is -0.0340. The van der Waals surface area contributed by atoms with E-state index in [4.69, 9.17) is 4.74 Å². The predicted molar refractivity (Wildman–Crippen MR) is 62.9 cm³/mol. The lowest BCUT2D eigenvalue weighted by atomic mass is 10.2. The summed E-state index contributed by atoms with van der Waals surface area (Å²) < 4.78 is 5.06. The summed E-state index contributed by atoms with van der Waals surface area (Å²) >= 11 is 0. The van der Waals surface area contributed by atoms with Crippen LogP contribution in [0.4, 0.5) is 0 Å². The summed E-state index contributed by atoms with van der Waals surface area (Å²) in [6, 6.07) is 0. The maximum Gasteiger partial charge on any atom is 0.305 e. The number of hydrogen-bond donors (Lipinski definition) is 0. The Labute approximate surface area is 93.8 Å². The Bertz CT molecular complexity index is 158. The van der Waals surface area contributed by atoms with Crippen LogP contribution in [-0.2, 0) is 9.53 Å². The molecule has 0 rings (SSSR count). The summed E-state index contributed by atoms with van der Waals surface area (Å²) in [6.45, 7) is 3.78. The molecule has 0 saturated carbocycles. The Morgan fingerprint density at radius 2 is 1.87 bits per heavy atom. The second kappa shape index (κ2) is 9.97. The minimum absolute atomic E-state index is 0.0340. The van der Waals surface area contributed by atoms with Crippen molar-refractivity contribution in [1.82, 2.24) is 4.90 Å². The summed E-state index contributed by atoms with van der Waals surface area (Å²) in [7, 11) is 4.14. The first kappa shape index (κ1) is 14.4. The molecule has 0 atom stereocenters. The number of hydrogen-bond acceptors (Lipinski definition) is 3. The molecule has 90 valence electrons. The van der Waals surface area contributed by atoms with Crippen molar-refractivity contribution in [3.05, 3.63) is 0 Å². The highest BCUT2D eigenvalue weighted by atomic mass is 16.5. The number of unbranched alkanes of at least 4 members (excludes halogenated alkanes) is 3. The first-order valence-corrected chi connectivity index (χ1v) is 5.97. The third-order valence-corrected chi connectivity index (χ3v) is 2.25. The number of esters is 1. The van der Waals surface area contributed by atoms with E-state index in [1.54, 1.807) is 0 Å². The molecule has 0 aliphatic heterocycles. The fraction of sp³-hybridized carbons (Fsp3) is 0.917. The van der Waals surface area contributed by atoms with E-state index in [1.807, 2.05) is 0 Å². The fourth-order valence-electron chi connectivity index (χ4n) is 1.28. The molecule has 0 unspecified atom stereocenters. The zero-order chi connectivity index (χ0) is 11.5. The SMILES string of the molecule is CCCCOC(=O)CCCCCN(C)C. The highest BCUT2D eigenvalue weighted by Crippen LogP contribution is 2.02. The number of carbonyl (C=O) groups excluding carboxylic acids is 1. The summed E-state index contributed by atoms with van der Waals surface area (Å²) in [6.07, 6.45) is 5.87. The van der Waals surface area contributed by atoms with E-state index in [0.717, 1.165) is 38.6 Å². The molecule has 0 aliphatic rings. The number of nitrogens with zero attached hydrogens (tertiary/aromatic N) is 1. The molecule has 0 aromatic heterocycles. The lowest BCUT2D eigenvalue weighted by Crippen LogP contribution is -2.13. The van der Waals surface area contributed by atoms with Gasteiger partial charge in [0.05, 0.1) is 6.61 Å². The first-order valence-electron chi connectivity index (χ1n) is 5.97. The predicted octanol–water partition coefficient (Wildman–Crippen LogP) is 2.45. The van der Waals surface area contributed by atoms with Crippen LogP contribution in [0, 0.1) is 0 Å². The van der Waals surface area contributed by atoms with Gasteiger partial charge in [0.1, 0.15) is 0 Å². The van der Waals surface area contributed by atoms with Crippen molar-refractivity contribution in [2.24, 2.45) is 0 Å². The van der Waals surface area contributed by atoms with E-state index in [2.05, 4.69) is 25.9 Å². The minimum Gasteiger partial charge on any atom is -0.466 e. The van der Waals surface area contributed by atoms with Crippen molar-refractivity contribution in [2.45, 2.75) is 45.4 Å². The minimum atomic E-state index is -0.0340. The van der Waals surface area contributed by atoms with Crippen LogP contribution in [0.5, 0.6) is 0 Å². The molecule has 0 N–H and O–H groups in total. The molecule has 0 aliphatic carbocycles. The van der Waals surface area contributed by atoms with Crippen molar-refractivity contribution in [2.75, 3.05) is 27.2 Å². The van der Waals surface area contributed by atoms with E-state index >= 15 is 0 Å². The second-order valence-corrected chi connectivity index (χ2v) is 4.19. The van der Waals surface area contributed by atoms with Gasteiger partial charge in [-0.15, -0.1) is 0 Å². The second-order valence-electron chi connectivity index (χ2n) is 4.19. The van der Waals surface area contributed by atoms with Crippen LogP contribution < -0.4 is 0 Å². The molecular formula is C12H25NO2. The van der Waals surface area contributed by atoms with Crippen LogP contribution in [0.15, 0.2) is 0 Å². The van der Waals surface area contributed by atoms with Gasteiger partial charge >= 0.3 is 5.97 Å². The Morgan fingerprint density at radius 3 is 2.47 bits per heavy atom. The molecule has 0 amide bonds. The Balaban J connectivity index is 3.17. The van der Waals surface area contributed by atoms with Gasteiger partial charge in [0.2, 0.25) is 0 Å². The standard InChI is InChI=1S/C12H25NO2/c1-4-5-11-15-12(14)9-7-6-8-10-13(2)3/h4-11H2,1-3H3. The zero-order valence-electron chi connectivity index (χ0n) is 10.4. The highest BCUT2D eigenvalue weighted by molar-refractivity contribution is 5.69. The molecule has 3 nitrogen and oxygen atoms in total. The molecule has 0 radical (unpaired) electrons. The average molecular weight is 215 g/mol. The van der Waals surface area contributed by atoms with Gasteiger partial charge in [0, 0.05) is 6.42 Å². The smallest absolute Gasteiger partial charge is 0.305 e.